The highest BCUT2D eigenvalue weighted by Gasteiger charge is 2.11. The molecule has 1 aliphatic heterocycles. The fourth-order valence-electron chi connectivity index (χ4n) is 2.92. The summed E-state index contributed by atoms with van der Waals surface area (Å²) in [5, 5.41) is 7.74. The number of hydrogen-bond donors (Lipinski definition) is 2. The van der Waals surface area contributed by atoms with Crippen LogP contribution in [0.5, 0.6) is 0 Å². The zero-order valence-corrected chi connectivity index (χ0v) is 15.8. The first kappa shape index (κ1) is 19.7. The van der Waals surface area contributed by atoms with E-state index in [4.69, 9.17) is 15.2 Å². The van der Waals surface area contributed by atoms with Crippen LogP contribution in [0.2, 0.25) is 0 Å². The summed E-state index contributed by atoms with van der Waals surface area (Å²) < 4.78 is 12.4. The van der Waals surface area contributed by atoms with Crippen LogP contribution in [0.3, 0.4) is 0 Å². The van der Waals surface area contributed by atoms with Gasteiger partial charge in [0, 0.05) is 38.0 Å². The van der Waals surface area contributed by atoms with Gasteiger partial charge in [-0.2, -0.15) is 5.10 Å². The molecule has 0 saturated carbocycles. The molecule has 0 aromatic carbocycles. The van der Waals surface area contributed by atoms with Crippen molar-refractivity contribution in [1.82, 2.24) is 20.0 Å². The molecule has 1 fully saturated rings. The summed E-state index contributed by atoms with van der Waals surface area (Å²) in [4.78, 5) is 6.88. The molecule has 0 aliphatic carbocycles. The van der Waals surface area contributed by atoms with E-state index in [1.54, 1.807) is 7.11 Å². The summed E-state index contributed by atoms with van der Waals surface area (Å²) in [5.74, 6) is 0.491. The average molecular weight is 352 g/mol. The Kier molecular flexibility index (Phi) is 8.17. The molecule has 0 amide bonds. The maximum atomic E-state index is 5.99. The first-order valence-electron chi connectivity index (χ1n) is 8.97. The molecule has 142 valence electrons. The second-order valence-electron chi connectivity index (χ2n) is 6.30. The number of rotatable bonds is 9. The van der Waals surface area contributed by atoms with Crippen LogP contribution in [-0.2, 0) is 22.6 Å². The summed E-state index contributed by atoms with van der Waals surface area (Å²) in [6.45, 7) is 11.6. The summed E-state index contributed by atoms with van der Waals surface area (Å²) in [6.07, 6.45) is 1.04. The first-order chi connectivity index (χ1) is 12.1. The highest BCUT2D eigenvalue weighted by molar-refractivity contribution is 5.77. The average Bonchev–Trinajstić information content (AvgIpc) is 2.89. The monoisotopic (exact) mass is 352 g/mol. The molecule has 3 N–H and O–H groups in total. The van der Waals surface area contributed by atoms with Crippen molar-refractivity contribution in [3.63, 3.8) is 0 Å². The summed E-state index contributed by atoms with van der Waals surface area (Å²) in [7, 11) is 1.70. The lowest BCUT2D eigenvalue weighted by Gasteiger charge is -2.26. The van der Waals surface area contributed by atoms with Gasteiger partial charge in [-0.3, -0.25) is 9.58 Å². The van der Waals surface area contributed by atoms with Gasteiger partial charge in [-0.25, -0.2) is 4.99 Å². The van der Waals surface area contributed by atoms with E-state index in [9.17, 15) is 0 Å². The number of methoxy groups -OCH3 is 1. The van der Waals surface area contributed by atoms with Crippen LogP contribution >= 0.6 is 0 Å². The molecule has 8 nitrogen and oxygen atoms in total. The van der Waals surface area contributed by atoms with E-state index in [1.165, 1.54) is 0 Å². The molecule has 0 spiro atoms. The van der Waals surface area contributed by atoms with Crippen LogP contribution < -0.4 is 11.1 Å². The highest BCUT2D eigenvalue weighted by atomic mass is 16.5. The molecule has 1 aromatic rings. The van der Waals surface area contributed by atoms with Crippen molar-refractivity contribution in [2.75, 3.05) is 53.1 Å². The predicted molar refractivity (Wildman–Crippen MR) is 98.8 cm³/mol. The highest BCUT2D eigenvalue weighted by Crippen LogP contribution is 2.14. The zero-order chi connectivity index (χ0) is 18.1. The molecule has 1 aliphatic rings. The molecule has 0 radical (unpaired) electrons. The van der Waals surface area contributed by atoms with Gasteiger partial charge in [0.15, 0.2) is 5.96 Å². The first-order valence-corrected chi connectivity index (χ1v) is 8.97. The standard InChI is InChI=1S/C17H32N6O2/c1-14-16(15(2)23(21-14)9-10-24-3)13-20-17(18)19-5-4-6-22-7-11-25-12-8-22/h4-13H2,1-3H3,(H3,18,19,20). The van der Waals surface area contributed by atoms with Gasteiger partial charge in [-0.15, -0.1) is 0 Å². The van der Waals surface area contributed by atoms with Gasteiger partial charge < -0.3 is 20.5 Å². The van der Waals surface area contributed by atoms with Gasteiger partial charge in [0.25, 0.3) is 0 Å². The van der Waals surface area contributed by atoms with Crippen LogP contribution in [0.25, 0.3) is 0 Å². The third-order valence-corrected chi connectivity index (χ3v) is 4.51. The topological polar surface area (TPSA) is 89.9 Å². The lowest BCUT2D eigenvalue weighted by Crippen LogP contribution is -2.39. The predicted octanol–water partition coefficient (Wildman–Crippen LogP) is 0.273. The third-order valence-electron chi connectivity index (χ3n) is 4.51. The van der Waals surface area contributed by atoms with Gasteiger partial charge in [-0.05, 0) is 26.8 Å². The molecule has 0 bridgehead atoms. The minimum atomic E-state index is 0.491. The van der Waals surface area contributed by atoms with Crippen LogP contribution in [0.1, 0.15) is 23.4 Å². The van der Waals surface area contributed by atoms with Crippen molar-refractivity contribution in [2.24, 2.45) is 10.7 Å². The maximum absolute atomic E-state index is 5.99. The number of hydrogen-bond acceptors (Lipinski definition) is 5. The van der Waals surface area contributed by atoms with E-state index in [0.29, 0.717) is 19.1 Å². The Hall–Kier alpha value is -1.64. The van der Waals surface area contributed by atoms with Crippen molar-refractivity contribution < 1.29 is 9.47 Å². The van der Waals surface area contributed by atoms with Crippen molar-refractivity contribution in [2.45, 2.75) is 33.4 Å². The van der Waals surface area contributed by atoms with Gasteiger partial charge in [-0.1, -0.05) is 0 Å². The van der Waals surface area contributed by atoms with E-state index < -0.39 is 0 Å². The van der Waals surface area contributed by atoms with Crippen molar-refractivity contribution >= 4 is 5.96 Å². The minimum Gasteiger partial charge on any atom is -0.383 e. The molecule has 2 heterocycles. The number of aromatic nitrogens is 2. The number of nitrogens with zero attached hydrogens (tertiary/aromatic N) is 4. The van der Waals surface area contributed by atoms with Crippen molar-refractivity contribution in [3.05, 3.63) is 17.0 Å². The number of morpholine rings is 1. The largest absolute Gasteiger partial charge is 0.383 e. The molecule has 1 aromatic heterocycles. The molecule has 2 rings (SSSR count). The third kappa shape index (κ3) is 6.30. The van der Waals surface area contributed by atoms with E-state index in [-0.39, 0.29) is 0 Å². The molecular formula is C17H32N6O2. The van der Waals surface area contributed by atoms with Crippen molar-refractivity contribution in [1.29, 1.82) is 0 Å². The number of aryl methyl sites for hydroxylation is 1. The number of ether oxygens (including phenoxy) is 2. The maximum Gasteiger partial charge on any atom is 0.188 e. The summed E-state index contributed by atoms with van der Waals surface area (Å²) in [6, 6.07) is 0. The molecule has 1 saturated heterocycles. The van der Waals surface area contributed by atoms with E-state index >= 15 is 0 Å². The van der Waals surface area contributed by atoms with E-state index in [2.05, 4.69) is 27.2 Å². The Labute approximate surface area is 150 Å². The molecule has 0 atom stereocenters. The van der Waals surface area contributed by atoms with Crippen LogP contribution in [0.4, 0.5) is 0 Å². The normalized spacial score (nSPS) is 16.4. The quantitative estimate of drug-likeness (QED) is 0.377. The van der Waals surface area contributed by atoms with E-state index in [1.807, 2.05) is 11.6 Å². The van der Waals surface area contributed by atoms with Crippen LogP contribution in [-0.4, -0.2) is 73.7 Å². The molecule has 0 unspecified atom stereocenters. The Morgan fingerprint density at radius 1 is 1.32 bits per heavy atom. The van der Waals surface area contributed by atoms with Crippen LogP contribution in [0.15, 0.2) is 4.99 Å². The summed E-state index contributed by atoms with van der Waals surface area (Å²) in [5.41, 5.74) is 9.24. The fraction of sp³-hybridized carbons (Fsp3) is 0.765. The fourth-order valence-corrected chi connectivity index (χ4v) is 2.92. The number of guanidine groups is 1. The minimum absolute atomic E-state index is 0.491. The Bertz CT molecular complexity index is 552. The summed E-state index contributed by atoms with van der Waals surface area (Å²) >= 11 is 0. The van der Waals surface area contributed by atoms with Crippen LogP contribution in [0, 0.1) is 13.8 Å². The Morgan fingerprint density at radius 3 is 2.80 bits per heavy atom. The molecular weight excluding hydrogens is 320 g/mol. The number of nitrogens with one attached hydrogen (secondary N) is 1. The second-order valence-corrected chi connectivity index (χ2v) is 6.30. The van der Waals surface area contributed by atoms with Crippen molar-refractivity contribution in [3.8, 4) is 0 Å². The molecule has 25 heavy (non-hydrogen) atoms. The van der Waals surface area contributed by atoms with Gasteiger partial charge in [0.2, 0.25) is 0 Å². The Morgan fingerprint density at radius 2 is 2.08 bits per heavy atom. The van der Waals surface area contributed by atoms with Gasteiger partial charge >= 0.3 is 0 Å². The molecule has 8 heteroatoms. The number of aliphatic imine (C=N–C) groups is 1. The second kappa shape index (κ2) is 10.4. The Balaban J connectivity index is 1.73. The lowest BCUT2D eigenvalue weighted by molar-refractivity contribution is 0.0376. The van der Waals surface area contributed by atoms with E-state index in [0.717, 1.165) is 69.3 Å². The number of nitrogens with two attached hydrogens (primary N) is 1. The smallest absolute Gasteiger partial charge is 0.188 e. The SMILES string of the molecule is COCCn1nc(C)c(CN=C(N)NCCCN2CCOCC2)c1C. The zero-order valence-electron chi connectivity index (χ0n) is 15.8. The lowest BCUT2D eigenvalue weighted by atomic mass is 10.2. The van der Waals surface area contributed by atoms with Gasteiger partial charge in [0.1, 0.15) is 0 Å². The van der Waals surface area contributed by atoms with Gasteiger partial charge in [0.05, 0.1) is 38.6 Å².